The molecule has 1 rings (SSSR count). The van der Waals surface area contributed by atoms with Crippen molar-refractivity contribution in [1.29, 1.82) is 0 Å². The van der Waals surface area contributed by atoms with Crippen LogP contribution in [0.15, 0.2) is 24.3 Å². The molecule has 1 atom stereocenters. The van der Waals surface area contributed by atoms with Gasteiger partial charge in [-0.25, -0.2) is 0 Å². The number of esters is 1. The third-order valence-corrected chi connectivity index (χ3v) is 2.67. The van der Waals surface area contributed by atoms with Gasteiger partial charge >= 0.3 is 5.97 Å². The normalized spacial score (nSPS) is 12.5. The zero-order chi connectivity index (χ0) is 15.9. The van der Waals surface area contributed by atoms with E-state index in [0.29, 0.717) is 18.3 Å². The van der Waals surface area contributed by atoms with Crippen LogP contribution in [0.4, 0.5) is 5.69 Å². The van der Waals surface area contributed by atoms with E-state index >= 15 is 0 Å². The Labute approximate surface area is 126 Å². The molecular formula is C15H22BN2O3. The fourth-order valence-electron chi connectivity index (χ4n) is 1.95. The number of nitrogen functional groups attached to an aromatic ring is 1. The molecule has 0 bridgehead atoms. The van der Waals surface area contributed by atoms with Gasteiger partial charge in [-0.2, -0.15) is 0 Å². The Morgan fingerprint density at radius 2 is 2.19 bits per heavy atom. The Hall–Kier alpha value is -1.82. The molecule has 0 aliphatic rings. The minimum Gasteiger partial charge on any atom is -0.460 e. The van der Waals surface area contributed by atoms with Crippen molar-refractivity contribution >= 4 is 25.3 Å². The van der Waals surface area contributed by atoms with Gasteiger partial charge in [0.05, 0.1) is 12.6 Å². The summed E-state index contributed by atoms with van der Waals surface area (Å²) in [5.74, 6) is -0.303. The molecule has 0 aliphatic carbocycles. The van der Waals surface area contributed by atoms with Crippen LogP contribution in [-0.2, 0) is 20.7 Å². The molecular weight excluding hydrogens is 267 g/mol. The minimum absolute atomic E-state index is 0.177. The smallest absolute Gasteiger partial charge is 0.307 e. The van der Waals surface area contributed by atoms with Crippen molar-refractivity contribution in [2.75, 3.05) is 5.73 Å². The van der Waals surface area contributed by atoms with Gasteiger partial charge < -0.3 is 20.5 Å². The van der Waals surface area contributed by atoms with Crippen LogP contribution in [0.5, 0.6) is 0 Å². The van der Waals surface area contributed by atoms with Crippen LogP contribution in [0.1, 0.15) is 32.8 Å². The lowest BCUT2D eigenvalue weighted by atomic mass is 9.92. The van der Waals surface area contributed by atoms with Crippen molar-refractivity contribution in [3.8, 4) is 0 Å². The molecule has 0 saturated heterocycles. The van der Waals surface area contributed by atoms with Gasteiger partial charge in [-0.1, -0.05) is 12.1 Å². The molecule has 0 aromatic heterocycles. The number of carbonyl (C=O) groups excluding carboxylic acids is 2. The second kappa shape index (κ2) is 7.83. The fraction of sp³-hybridized carbons (Fsp3) is 0.467. The summed E-state index contributed by atoms with van der Waals surface area (Å²) in [7, 11) is 1.29. The first-order chi connectivity index (χ1) is 9.80. The average molecular weight is 289 g/mol. The second-order valence-corrected chi connectivity index (χ2v) is 5.91. The lowest BCUT2D eigenvalue weighted by Gasteiger charge is -2.22. The van der Waals surface area contributed by atoms with E-state index in [-0.39, 0.29) is 18.4 Å². The van der Waals surface area contributed by atoms with Crippen molar-refractivity contribution in [3.05, 3.63) is 29.8 Å². The van der Waals surface area contributed by atoms with Gasteiger partial charge in [0.2, 0.25) is 0 Å². The first kappa shape index (κ1) is 17.2. The molecule has 1 aromatic rings. The quantitative estimate of drug-likeness (QED) is 0.342. The van der Waals surface area contributed by atoms with E-state index in [9.17, 15) is 9.59 Å². The summed E-state index contributed by atoms with van der Waals surface area (Å²) < 4.78 is 5.30. The van der Waals surface area contributed by atoms with Crippen molar-refractivity contribution < 1.29 is 14.3 Å². The molecule has 0 amide bonds. The summed E-state index contributed by atoms with van der Waals surface area (Å²) in [6.07, 6.45) is 1.41. The monoisotopic (exact) mass is 289 g/mol. The summed E-state index contributed by atoms with van der Waals surface area (Å²) in [5, 5.41) is 2.92. The molecule has 0 heterocycles. The van der Waals surface area contributed by atoms with Crippen molar-refractivity contribution in [1.82, 2.24) is 5.23 Å². The first-order valence-corrected chi connectivity index (χ1v) is 6.89. The predicted molar refractivity (Wildman–Crippen MR) is 84.4 cm³/mol. The largest absolute Gasteiger partial charge is 0.460 e. The average Bonchev–Trinajstić information content (AvgIpc) is 2.33. The van der Waals surface area contributed by atoms with Gasteiger partial charge in [-0.05, 0) is 44.9 Å². The summed E-state index contributed by atoms with van der Waals surface area (Å²) in [6, 6.07) is 7.23. The lowest BCUT2D eigenvalue weighted by Crippen LogP contribution is -2.38. The molecule has 3 N–H and O–H groups in total. The first-order valence-electron chi connectivity index (χ1n) is 6.89. The molecule has 0 fully saturated rings. The van der Waals surface area contributed by atoms with Crippen molar-refractivity contribution in [2.45, 2.75) is 45.3 Å². The van der Waals surface area contributed by atoms with Crippen molar-refractivity contribution in [2.24, 2.45) is 0 Å². The van der Waals surface area contributed by atoms with Gasteiger partial charge in [-0.15, -0.1) is 0 Å². The summed E-state index contributed by atoms with van der Waals surface area (Å²) in [4.78, 5) is 22.4. The molecule has 0 aliphatic heterocycles. The Morgan fingerprint density at radius 1 is 1.48 bits per heavy atom. The standard InChI is InChI=1S/C15H22BN2O3/c1-15(2,3)21-14(20)9-13(18-16-10-19)8-11-5-4-6-12(17)7-11/h4-7,10,13,18H,8-9,17H2,1-3H3/t13-/m1/s1. The number of anilines is 1. The van der Waals surface area contributed by atoms with E-state index in [2.05, 4.69) is 5.23 Å². The number of nitrogens with one attached hydrogen (secondary N) is 1. The molecule has 1 aromatic carbocycles. The highest BCUT2D eigenvalue weighted by Crippen LogP contribution is 2.13. The van der Waals surface area contributed by atoms with Crippen LogP contribution >= 0.6 is 0 Å². The highest BCUT2D eigenvalue weighted by molar-refractivity contribution is 6.64. The predicted octanol–water partition coefficient (Wildman–Crippen LogP) is 1.31. The van der Waals surface area contributed by atoms with Gasteiger partial charge in [0.1, 0.15) is 5.60 Å². The van der Waals surface area contributed by atoms with E-state index < -0.39 is 5.60 Å². The molecule has 0 unspecified atom stereocenters. The van der Waals surface area contributed by atoms with Crippen LogP contribution in [0.3, 0.4) is 0 Å². The SMILES string of the molecule is CC(C)(C)OC(=O)C[C@@H](Cc1cccc(N)c1)N[B]C=O. The molecule has 0 saturated carbocycles. The second-order valence-electron chi connectivity index (χ2n) is 5.91. The van der Waals surface area contributed by atoms with Crippen LogP contribution < -0.4 is 11.0 Å². The molecule has 21 heavy (non-hydrogen) atoms. The minimum atomic E-state index is -0.521. The van der Waals surface area contributed by atoms with Crippen LogP contribution in [0.25, 0.3) is 0 Å². The van der Waals surface area contributed by atoms with Crippen LogP contribution in [0, 0.1) is 0 Å². The van der Waals surface area contributed by atoms with Gasteiger partial charge in [0, 0.05) is 11.7 Å². The van der Waals surface area contributed by atoms with E-state index in [0.717, 1.165) is 5.56 Å². The van der Waals surface area contributed by atoms with Crippen molar-refractivity contribution in [3.63, 3.8) is 0 Å². The fourth-order valence-corrected chi connectivity index (χ4v) is 1.95. The summed E-state index contributed by atoms with van der Waals surface area (Å²) >= 11 is 0. The summed E-state index contributed by atoms with van der Waals surface area (Å²) in [5.41, 5.74) is 6.89. The third kappa shape index (κ3) is 7.51. The highest BCUT2D eigenvalue weighted by Gasteiger charge is 2.20. The topological polar surface area (TPSA) is 81.4 Å². The maximum absolute atomic E-state index is 11.9. The third-order valence-electron chi connectivity index (χ3n) is 2.67. The van der Waals surface area contributed by atoms with E-state index in [1.807, 2.05) is 39.0 Å². The zero-order valence-electron chi connectivity index (χ0n) is 12.8. The Morgan fingerprint density at radius 3 is 2.76 bits per heavy atom. The van der Waals surface area contributed by atoms with Gasteiger partial charge in [0.15, 0.2) is 0 Å². The number of ether oxygens (including phenoxy) is 1. The number of hydrogen-bond acceptors (Lipinski definition) is 5. The molecule has 6 heteroatoms. The van der Waals surface area contributed by atoms with Gasteiger partial charge in [-0.3, -0.25) is 4.79 Å². The molecule has 5 nitrogen and oxygen atoms in total. The van der Waals surface area contributed by atoms with E-state index in [1.54, 1.807) is 6.07 Å². The Kier molecular flexibility index (Phi) is 6.43. The number of benzene rings is 1. The molecule has 113 valence electrons. The van der Waals surface area contributed by atoms with Gasteiger partial charge in [0.25, 0.3) is 7.41 Å². The Balaban J connectivity index is 2.67. The maximum atomic E-state index is 11.9. The molecule has 1 radical (unpaired) electrons. The maximum Gasteiger partial charge on any atom is 0.307 e. The summed E-state index contributed by atoms with van der Waals surface area (Å²) in [6.45, 7) is 5.47. The van der Waals surface area contributed by atoms with E-state index in [4.69, 9.17) is 10.5 Å². The Bertz CT molecular complexity index is 486. The van der Waals surface area contributed by atoms with E-state index in [1.165, 1.54) is 7.41 Å². The zero-order valence-corrected chi connectivity index (χ0v) is 12.8. The number of rotatable bonds is 7. The van der Waals surface area contributed by atoms with Crippen LogP contribution in [0.2, 0.25) is 0 Å². The number of carbonyl (C=O) groups is 2. The number of hydrogen-bond donors (Lipinski definition) is 2. The highest BCUT2D eigenvalue weighted by atomic mass is 16.6. The lowest BCUT2D eigenvalue weighted by molar-refractivity contribution is -0.155. The van der Waals surface area contributed by atoms with Crippen LogP contribution in [-0.4, -0.2) is 31.2 Å². The molecule has 0 spiro atoms. The number of nitrogens with two attached hydrogens (primary N) is 1.